The fourth-order valence-corrected chi connectivity index (χ4v) is 6.04. The summed E-state index contributed by atoms with van der Waals surface area (Å²) in [6.45, 7) is 0. The first-order valence-corrected chi connectivity index (χ1v) is 13.6. The van der Waals surface area contributed by atoms with Crippen LogP contribution in [0.5, 0.6) is 0 Å². The number of rotatable bonds is 6. The van der Waals surface area contributed by atoms with Crippen molar-refractivity contribution in [3.05, 3.63) is 86.9 Å². The molecule has 2 N–H and O–H groups in total. The number of benzene rings is 3. The lowest BCUT2D eigenvalue weighted by Crippen LogP contribution is -2.23. The summed E-state index contributed by atoms with van der Waals surface area (Å²) in [5, 5.41) is 5.92. The molecule has 1 aliphatic carbocycles. The number of halogens is 8. The molecule has 2 amide bonds. The second kappa shape index (κ2) is 11.0. The van der Waals surface area contributed by atoms with Gasteiger partial charge in [0.15, 0.2) is 4.90 Å². The topological polar surface area (TPSA) is 81.3 Å². The molecule has 0 spiro atoms. The highest BCUT2D eigenvalue weighted by Crippen LogP contribution is 2.65. The summed E-state index contributed by atoms with van der Waals surface area (Å²) in [6.07, 6.45) is 0. The van der Waals surface area contributed by atoms with Gasteiger partial charge in [0.1, 0.15) is 4.33 Å². The molecule has 0 radical (unpaired) electrons. The third-order valence-electron chi connectivity index (χ3n) is 5.60. The summed E-state index contributed by atoms with van der Waals surface area (Å²) >= 11 is 27.8. The van der Waals surface area contributed by atoms with Gasteiger partial charge in [-0.1, -0.05) is 34.8 Å². The molecular weight excluding hydrogens is 631 g/mol. The van der Waals surface area contributed by atoms with E-state index in [1.807, 2.05) is 0 Å². The predicted octanol–water partition coefficient (Wildman–Crippen LogP) is 8.05. The van der Waals surface area contributed by atoms with Gasteiger partial charge in [-0.05, 0) is 66.2 Å². The number of carbonyl (C=O) groups is 2. The predicted molar refractivity (Wildman–Crippen MR) is 144 cm³/mol. The van der Waals surface area contributed by atoms with Gasteiger partial charge in [-0.2, -0.15) is 0 Å². The summed E-state index contributed by atoms with van der Waals surface area (Å²) in [7, 11) is 0. The Hall–Kier alpha value is -1.85. The maximum Gasteiger partial charge on any atom is 0.578 e. The van der Waals surface area contributed by atoms with Crippen molar-refractivity contribution in [2.75, 3.05) is 10.6 Å². The number of anilines is 2. The van der Waals surface area contributed by atoms with Gasteiger partial charge in [-0.25, -0.2) is 0 Å². The van der Waals surface area contributed by atoms with E-state index in [1.54, 1.807) is 12.1 Å². The molecule has 0 aromatic heterocycles. The standard InChI is InChI=1S/C24H14Cl5F3N2O3S/c25-12-7-11(8-13(26)9-12)19-20(23(19,28)29)22(36)34-15-3-6-18(27)17(10-15)21(35)33-14-1-4-16(5-2-14)38(37)24(30,31)32/h1-10,19-20H,(H,33,35)(H,34,36). The molecule has 1 fully saturated rings. The van der Waals surface area contributed by atoms with Crippen LogP contribution in [0.15, 0.2) is 65.6 Å². The lowest BCUT2D eigenvalue weighted by Gasteiger charge is -2.13. The Bertz CT molecular complexity index is 1390. The van der Waals surface area contributed by atoms with Gasteiger partial charge in [0.25, 0.3) is 5.91 Å². The number of nitrogens with one attached hydrogen (secondary N) is 2. The molecule has 3 aromatic rings. The van der Waals surface area contributed by atoms with Crippen LogP contribution in [0.25, 0.3) is 0 Å². The number of hydrogen-bond acceptors (Lipinski definition) is 3. The van der Waals surface area contributed by atoms with Crippen LogP contribution in [0.4, 0.5) is 24.5 Å². The zero-order valence-electron chi connectivity index (χ0n) is 18.6. The van der Waals surface area contributed by atoms with Gasteiger partial charge in [-0.15, -0.1) is 36.4 Å². The van der Waals surface area contributed by atoms with Crippen molar-refractivity contribution in [3.63, 3.8) is 0 Å². The maximum atomic E-state index is 13.0. The molecule has 0 heterocycles. The molecule has 5 nitrogen and oxygen atoms in total. The molecule has 14 heteroatoms. The van der Waals surface area contributed by atoms with Gasteiger partial charge >= 0.3 is 5.51 Å². The largest absolute Gasteiger partial charge is 0.604 e. The van der Waals surface area contributed by atoms with Crippen molar-refractivity contribution in [1.29, 1.82) is 0 Å². The third-order valence-corrected chi connectivity index (χ3v) is 8.42. The first kappa shape index (κ1) is 29.1. The maximum absolute atomic E-state index is 13.0. The lowest BCUT2D eigenvalue weighted by molar-refractivity contribution is -0.117. The molecule has 1 aliphatic rings. The molecule has 0 aliphatic heterocycles. The molecule has 3 aromatic carbocycles. The zero-order valence-corrected chi connectivity index (χ0v) is 23.2. The van der Waals surface area contributed by atoms with Crippen molar-refractivity contribution in [3.8, 4) is 0 Å². The Kier molecular flexibility index (Phi) is 8.41. The smallest absolute Gasteiger partial charge is 0.578 e. The van der Waals surface area contributed by atoms with E-state index in [1.165, 1.54) is 36.4 Å². The van der Waals surface area contributed by atoms with Gasteiger partial charge in [0, 0.05) is 27.3 Å². The molecule has 0 bridgehead atoms. The third kappa shape index (κ3) is 6.31. The SMILES string of the molecule is O=C(Nc1ccc([S+]([O-])C(F)(F)F)cc1)c1cc(NC(=O)C2C(c3cc(Cl)cc(Cl)c3)C2(Cl)Cl)ccc1Cl. The molecule has 4 rings (SSSR count). The van der Waals surface area contributed by atoms with E-state index in [0.29, 0.717) is 15.6 Å². The van der Waals surface area contributed by atoms with Gasteiger partial charge < -0.3 is 15.2 Å². The van der Waals surface area contributed by atoms with Crippen LogP contribution in [0.3, 0.4) is 0 Å². The Morgan fingerprint density at radius 1 is 0.868 bits per heavy atom. The minimum atomic E-state index is -4.91. The average molecular weight is 645 g/mol. The van der Waals surface area contributed by atoms with Crippen molar-refractivity contribution in [1.82, 2.24) is 0 Å². The molecule has 3 unspecified atom stereocenters. The van der Waals surface area contributed by atoms with E-state index in [9.17, 15) is 27.3 Å². The van der Waals surface area contributed by atoms with Gasteiger partial charge in [0.2, 0.25) is 5.91 Å². The van der Waals surface area contributed by atoms with Gasteiger partial charge in [-0.3, -0.25) is 9.59 Å². The highest BCUT2D eigenvalue weighted by Gasteiger charge is 2.67. The fraction of sp³-hybridized carbons (Fsp3) is 0.167. The second-order valence-electron chi connectivity index (χ2n) is 8.21. The van der Waals surface area contributed by atoms with Crippen LogP contribution in [-0.4, -0.2) is 26.2 Å². The van der Waals surface area contributed by atoms with Crippen LogP contribution >= 0.6 is 58.0 Å². The summed E-state index contributed by atoms with van der Waals surface area (Å²) in [4.78, 5) is 25.3. The minimum Gasteiger partial charge on any atom is -0.604 e. The number of hydrogen-bond donors (Lipinski definition) is 2. The Morgan fingerprint density at radius 2 is 1.45 bits per heavy atom. The van der Waals surface area contributed by atoms with Crippen molar-refractivity contribution < 1.29 is 27.3 Å². The van der Waals surface area contributed by atoms with Crippen molar-refractivity contribution in [2.45, 2.75) is 20.7 Å². The van der Waals surface area contributed by atoms with Crippen molar-refractivity contribution in [2.24, 2.45) is 5.92 Å². The quantitative estimate of drug-likeness (QED) is 0.211. The zero-order chi connectivity index (χ0) is 28.0. The normalized spacial score (nSPS) is 19.0. The van der Waals surface area contributed by atoms with Crippen LogP contribution in [-0.2, 0) is 16.0 Å². The molecule has 3 atom stereocenters. The first-order valence-electron chi connectivity index (χ1n) is 10.5. The van der Waals surface area contributed by atoms with E-state index < -0.39 is 49.6 Å². The van der Waals surface area contributed by atoms with Crippen molar-refractivity contribution >= 4 is 92.4 Å². The highest BCUT2D eigenvalue weighted by molar-refractivity contribution is 7.92. The molecular formula is C24H14Cl5F3N2O3S. The van der Waals surface area contributed by atoms with E-state index in [4.69, 9.17) is 58.0 Å². The van der Waals surface area contributed by atoms with E-state index >= 15 is 0 Å². The Morgan fingerprint density at radius 3 is 2.03 bits per heavy atom. The number of amides is 2. The summed E-state index contributed by atoms with van der Waals surface area (Å²) in [6, 6.07) is 13.3. The van der Waals surface area contributed by atoms with E-state index in [2.05, 4.69) is 10.6 Å². The summed E-state index contributed by atoms with van der Waals surface area (Å²) in [5.41, 5.74) is -3.98. The molecule has 38 heavy (non-hydrogen) atoms. The molecule has 1 saturated carbocycles. The van der Waals surface area contributed by atoms with E-state index in [0.717, 1.165) is 12.1 Å². The van der Waals surface area contributed by atoms with Crippen LogP contribution in [0.1, 0.15) is 21.8 Å². The first-order chi connectivity index (χ1) is 17.7. The van der Waals surface area contributed by atoms with Crippen LogP contribution in [0.2, 0.25) is 15.1 Å². The molecule has 200 valence electrons. The monoisotopic (exact) mass is 642 g/mol. The lowest BCUT2D eigenvalue weighted by atomic mass is 10.1. The second-order valence-corrected chi connectivity index (χ2v) is 12.4. The van der Waals surface area contributed by atoms with Crippen LogP contribution in [0, 0.1) is 5.92 Å². The Labute approximate surface area is 242 Å². The molecule has 0 saturated heterocycles. The fourth-order valence-electron chi connectivity index (χ4n) is 3.81. The average Bonchev–Trinajstić information content (AvgIpc) is 3.41. The Balaban J connectivity index is 1.46. The van der Waals surface area contributed by atoms with Gasteiger partial charge in [0.05, 0.1) is 27.7 Å². The van der Waals surface area contributed by atoms with E-state index in [-0.39, 0.29) is 22.0 Å². The van der Waals surface area contributed by atoms with Crippen LogP contribution < -0.4 is 10.6 Å². The summed E-state index contributed by atoms with van der Waals surface area (Å²) < 4.78 is 47.9. The number of alkyl halides is 5. The summed E-state index contributed by atoms with van der Waals surface area (Å²) in [5.74, 6) is -2.63. The highest BCUT2D eigenvalue weighted by atomic mass is 35.5. The number of carbonyl (C=O) groups excluding carboxylic acids is 2. The minimum absolute atomic E-state index is 0.0237.